The van der Waals surface area contributed by atoms with Crippen LogP contribution in [0.4, 0.5) is 5.69 Å². The van der Waals surface area contributed by atoms with Crippen LogP contribution in [0.1, 0.15) is 34.5 Å². The fourth-order valence-electron chi connectivity index (χ4n) is 4.40. The predicted molar refractivity (Wildman–Crippen MR) is 123 cm³/mol. The topological polar surface area (TPSA) is 69.7 Å². The normalized spacial score (nSPS) is 13.5. The van der Waals surface area contributed by atoms with E-state index < -0.39 is 5.91 Å². The molecule has 0 saturated carbocycles. The van der Waals surface area contributed by atoms with E-state index in [0.29, 0.717) is 23.6 Å². The monoisotopic (exact) mass is 419 g/mol. The van der Waals surface area contributed by atoms with Gasteiger partial charge in [-0.05, 0) is 49.6 Å². The van der Waals surface area contributed by atoms with Gasteiger partial charge in [0.05, 0.1) is 26.3 Å². The molecule has 6 nitrogen and oxygen atoms in total. The summed E-state index contributed by atoms with van der Waals surface area (Å²) in [4.78, 5) is 14.5. The van der Waals surface area contributed by atoms with E-state index in [1.807, 2.05) is 31.2 Å². The number of rotatable bonds is 7. The number of nitrogens with zero attached hydrogens (tertiary/aromatic N) is 2. The number of amides is 1. The van der Waals surface area contributed by atoms with Crippen LogP contribution in [0.3, 0.4) is 0 Å². The fourth-order valence-corrected chi connectivity index (χ4v) is 4.40. The van der Waals surface area contributed by atoms with Crippen molar-refractivity contribution in [2.45, 2.75) is 26.3 Å². The SMILES string of the molecule is COc1cccc(Cn2c(-c3ccc(N4CCCC4)cc3)cc(C(N)=O)c2C)c1OC. The first-order chi connectivity index (χ1) is 15.0. The van der Waals surface area contributed by atoms with Crippen LogP contribution in [0.2, 0.25) is 0 Å². The molecule has 1 aliphatic rings. The predicted octanol–water partition coefficient (Wildman–Crippen LogP) is 4.23. The van der Waals surface area contributed by atoms with Crippen molar-refractivity contribution in [3.05, 3.63) is 65.4 Å². The molecule has 4 rings (SSSR count). The number of nitrogens with two attached hydrogens (primary N) is 1. The lowest BCUT2D eigenvalue weighted by Gasteiger charge is -2.19. The van der Waals surface area contributed by atoms with Gasteiger partial charge in [0.15, 0.2) is 11.5 Å². The van der Waals surface area contributed by atoms with Crippen LogP contribution >= 0.6 is 0 Å². The van der Waals surface area contributed by atoms with Crippen LogP contribution in [-0.4, -0.2) is 37.8 Å². The van der Waals surface area contributed by atoms with Gasteiger partial charge in [-0.1, -0.05) is 24.3 Å². The second-order valence-electron chi connectivity index (χ2n) is 7.87. The van der Waals surface area contributed by atoms with Crippen LogP contribution in [0.25, 0.3) is 11.3 Å². The van der Waals surface area contributed by atoms with E-state index in [9.17, 15) is 4.79 Å². The van der Waals surface area contributed by atoms with Gasteiger partial charge in [0.25, 0.3) is 5.91 Å². The number of ether oxygens (including phenoxy) is 2. The summed E-state index contributed by atoms with van der Waals surface area (Å²) in [5.41, 5.74) is 11.2. The number of para-hydroxylation sites is 1. The van der Waals surface area contributed by atoms with Crippen molar-refractivity contribution in [1.29, 1.82) is 0 Å². The van der Waals surface area contributed by atoms with Crippen molar-refractivity contribution in [1.82, 2.24) is 4.57 Å². The Bertz CT molecular complexity index is 1080. The van der Waals surface area contributed by atoms with E-state index in [0.717, 1.165) is 35.6 Å². The molecule has 1 amide bonds. The minimum atomic E-state index is -0.427. The lowest BCUT2D eigenvalue weighted by molar-refractivity contribution is 0.0999. The first-order valence-electron chi connectivity index (χ1n) is 10.6. The highest BCUT2D eigenvalue weighted by Gasteiger charge is 2.20. The molecule has 1 aliphatic heterocycles. The molecule has 162 valence electrons. The molecular formula is C25H29N3O3. The lowest BCUT2D eigenvalue weighted by atomic mass is 10.1. The summed E-state index contributed by atoms with van der Waals surface area (Å²) in [6.07, 6.45) is 2.49. The molecular weight excluding hydrogens is 390 g/mol. The van der Waals surface area contributed by atoms with Gasteiger partial charge in [-0.15, -0.1) is 0 Å². The number of primary amides is 1. The summed E-state index contributed by atoms with van der Waals surface area (Å²) < 4.78 is 13.2. The minimum absolute atomic E-state index is 0.427. The smallest absolute Gasteiger partial charge is 0.250 e. The standard InChI is InChI=1S/C25H29N3O3/c1-17-21(25(26)29)15-22(18-9-11-20(12-10-18)27-13-4-5-14-27)28(17)16-19-7-6-8-23(30-2)24(19)31-3/h6-12,15H,4-5,13-14,16H2,1-3H3,(H2,26,29). The maximum atomic E-state index is 12.1. The molecule has 0 spiro atoms. The van der Waals surface area contributed by atoms with E-state index in [1.54, 1.807) is 14.2 Å². The summed E-state index contributed by atoms with van der Waals surface area (Å²) >= 11 is 0. The quantitative estimate of drug-likeness (QED) is 0.622. The Morgan fingerprint density at radius 3 is 2.35 bits per heavy atom. The van der Waals surface area contributed by atoms with Gasteiger partial charge in [-0.25, -0.2) is 0 Å². The highest BCUT2D eigenvalue weighted by molar-refractivity contribution is 5.95. The Balaban J connectivity index is 1.76. The molecule has 0 atom stereocenters. The fraction of sp³-hybridized carbons (Fsp3) is 0.320. The Hall–Kier alpha value is -3.41. The summed E-state index contributed by atoms with van der Waals surface area (Å²) in [6.45, 7) is 4.67. The van der Waals surface area contributed by atoms with Gasteiger partial charge in [-0.2, -0.15) is 0 Å². The van der Waals surface area contributed by atoms with Gasteiger partial charge < -0.3 is 24.7 Å². The molecule has 1 aromatic heterocycles. The second kappa shape index (κ2) is 8.76. The number of aromatic nitrogens is 1. The molecule has 3 aromatic rings. The maximum Gasteiger partial charge on any atom is 0.250 e. The molecule has 2 N–H and O–H groups in total. The highest BCUT2D eigenvalue weighted by atomic mass is 16.5. The zero-order chi connectivity index (χ0) is 22.0. The van der Waals surface area contributed by atoms with Crippen LogP contribution in [0.5, 0.6) is 11.5 Å². The number of anilines is 1. The van der Waals surface area contributed by atoms with Crippen molar-refractivity contribution in [3.8, 4) is 22.8 Å². The number of hydrogen-bond acceptors (Lipinski definition) is 4. The van der Waals surface area contributed by atoms with Crippen molar-refractivity contribution in [3.63, 3.8) is 0 Å². The van der Waals surface area contributed by atoms with Crippen LogP contribution in [0, 0.1) is 6.92 Å². The molecule has 1 fully saturated rings. The summed E-state index contributed by atoms with van der Waals surface area (Å²) in [5, 5.41) is 0. The largest absolute Gasteiger partial charge is 0.493 e. The summed E-state index contributed by atoms with van der Waals surface area (Å²) in [5.74, 6) is 0.939. The molecule has 2 heterocycles. The van der Waals surface area contributed by atoms with E-state index in [1.165, 1.54) is 18.5 Å². The summed E-state index contributed by atoms with van der Waals surface area (Å²) in [6, 6.07) is 16.2. The average Bonchev–Trinajstić information content (AvgIpc) is 3.43. The number of carbonyl (C=O) groups excluding carboxylic acids is 1. The Morgan fingerprint density at radius 2 is 1.74 bits per heavy atom. The number of hydrogen-bond donors (Lipinski definition) is 1. The molecule has 0 unspecified atom stereocenters. The third kappa shape index (κ3) is 3.98. The van der Waals surface area contributed by atoms with Crippen molar-refractivity contribution in [2.75, 3.05) is 32.2 Å². The Morgan fingerprint density at radius 1 is 1.03 bits per heavy atom. The number of benzene rings is 2. The van der Waals surface area contributed by atoms with Crippen LogP contribution in [0.15, 0.2) is 48.5 Å². The number of methoxy groups -OCH3 is 2. The minimum Gasteiger partial charge on any atom is -0.493 e. The van der Waals surface area contributed by atoms with Crippen molar-refractivity contribution >= 4 is 11.6 Å². The first kappa shape index (κ1) is 20.8. The molecule has 0 bridgehead atoms. The molecule has 0 aliphatic carbocycles. The molecule has 0 radical (unpaired) electrons. The zero-order valence-corrected chi connectivity index (χ0v) is 18.4. The highest BCUT2D eigenvalue weighted by Crippen LogP contribution is 2.34. The lowest BCUT2D eigenvalue weighted by Crippen LogP contribution is -2.17. The van der Waals surface area contributed by atoms with Crippen LogP contribution in [-0.2, 0) is 6.54 Å². The van der Waals surface area contributed by atoms with Gasteiger partial charge >= 0.3 is 0 Å². The maximum absolute atomic E-state index is 12.1. The molecule has 1 saturated heterocycles. The third-order valence-electron chi connectivity index (χ3n) is 6.08. The van der Waals surface area contributed by atoms with Crippen LogP contribution < -0.4 is 20.1 Å². The molecule has 2 aromatic carbocycles. The van der Waals surface area contributed by atoms with Gasteiger partial charge in [0, 0.05) is 35.7 Å². The van der Waals surface area contributed by atoms with Crippen molar-refractivity contribution < 1.29 is 14.3 Å². The van der Waals surface area contributed by atoms with E-state index >= 15 is 0 Å². The Kier molecular flexibility index (Phi) is 5.89. The first-order valence-corrected chi connectivity index (χ1v) is 10.6. The number of carbonyl (C=O) groups is 1. The zero-order valence-electron chi connectivity index (χ0n) is 18.4. The van der Waals surface area contributed by atoms with E-state index in [-0.39, 0.29) is 0 Å². The molecule has 6 heteroatoms. The van der Waals surface area contributed by atoms with Gasteiger partial charge in [-0.3, -0.25) is 4.79 Å². The third-order valence-corrected chi connectivity index (χ3v) is 6.08. The molecule has 31 heavy (non-hydrogen) atoms. The second-order valence-corrected chi connectivity index (χ2v) is 7.87. The van der Waals surface area contributed by atoms with Gasteiger partial charge in [0.1, 0.15) is 0 Å². The van der Waals surface area contributed by atoms with Crippen molar-refractivity contribution in [2.24, 2.45) is 5.73 Å². The van der Waals surface area contributed by atoms with Gasteiger partial charge in [0.2, 0.25) is 0 Å². The summed E-state index contributed by atoms with van der Waals surface area (Å²) in [7, 11) is 3.26. The van der Waals surface area contributed by atoms with E-state index in [4.69, 9.17) is 15.2 Å². The van der Waals surface area contributed by atoms with E-state index in [2.05, 4.69) is 33.7 Å². The Labute approximate surface area is 183 Å². The average molecular weight is 420 g/mol.